The fourth-order valence-corrected chi connectivity index (χ4v) is 3.05. The minimum absolute atomic E-state index is 0.0315. The number of alkyl halides is 3. The van der Waals surface area contributed by atoms with Gasteiger partial charge >= 0.3 is 6.36 Å². The fraction of sp³-hybridized carbons (Fsp3) is 0.136. The number of nitrogens with zero attached hydrogens (tertiary/aromatic N) is 4. The van der Waals surface area contributed by atoms with Crippen molar-refractivity contribution in [2.45, 2.75) is 19.3 Å². The van der Waals surface area contributed by atoms with E-state index in [2.05, 4.69) is 20.0 Å². The number of hydrogen-bond donors (Lipinski definition) is 0. The van der Waals surface area contributed by atoms with Crippen molar-refractivity contribution >= 4 is 6.29 Å². The summed E-state index contributed by atoms with van der Waals surface area (Å²) in [5.41, 5.74) is 1.90. The molecule has 0 saturated carbocycles. The van der Waals surface area contributed by atoms with Crippen LogP contribution >= 0.6 is 0 Å². The van der Waals surface area contributed by atoms with Gasteiger partial charge in [0.25, 0.3) is 11.4 Å². The second kappa shape index (κ2) is 9.07. The van der Waals surface area contributed by atoms with Crippen molar-refractivity contribution in [1.82, 2.24) is 19.9 Å². The van der Waals surface area contributed by atoms with E-state index in [4.69, 9.17) is 4.52 Å². The van der Waals surface area contributed by atoms with E-state index in [-0.39, 0.29) is 41.7 Å². The standard InChI is InChI=1S/C22H15F3N4O4/c23-22(24,25)32-17-6-4-16(5-7-17)20-26-21(33-28-20)18-8-9-19(31)29(27-18)13-15-3-1-2-14(12-15)10-11-30/h1-9,11-12H,10,13H2. The molecule has 2 heterocycles. The summed E-state index contributed by atoms with van der Waals surface area (Å²) in [5.74, 6) is -0.213. The molecule has 0 saturated heterocycles. The van der Waals surface area contributed by atoms with E-state index in [0.29, 0.717) is 5.56 Å². The average molecular weight is 456 g/mol. The maximum Gasteiger partial charge on any atom is 0.573 e. The second-order valence-corrected chi connectivity index (χ2v) is 6.90. The summed E-state index contributed by atoms with van der Waals surface area (Å²) in [5, 5.41) is 8.09. The molecule has 0 aliphatic rings. The number of halogens is 3. The minimum Gasteiger partial charge on any atom is -0.406 e. The van der Waals surface area contributed by atoms with Crippen molar-refractivity contribution in [1.29, 1.82) is 0 Å². The highest BCUT2D eigenvalue weighted by molar-refractivity contribution is 5.58. The Morgan fingerprint density at radius 1 is 1.03 bits per heavy atom. The maximum atomic E-state index is 12.3. The molecular weight excluding hydrogens is 441 g/mol. The topological polar surface area (TPSA) is 100 Å². The number of aldehydes is 1. The molecule has 2 aromatic heterocycles. The van der Waals surface area contributed by atoms with E-state index in [1.165, 1.54) is 28.9 Å². The van der Waals surface area contributed by atoms with Crippen LogP contribution in [0.5, 0.6) is 5.75 Å². The smallest absolute Gasteiger partial charge is 0.406 e. The van der Waals surface area contributed by atoms with Crippen LogP contribution in [-0.2, 0) is 17.8 Å². The summed E-state index contributed by atoms with van der Waals surface area (Å²) in [7, 11) is 0. The van der Waals surface area contributed by atoms with Crippen molar-refractivity contribution in [3.63, 3.8) is 0 Å². The van der Waals surface area contributed by atoms with Crippen LogP contribution < -0.4 is 10.3 Å². The number of ether oxygens (including phenoxy) is 1. The van der Waals surface area contributed by atoms with Gasteiger partial charge in [0.05, 0.1) is 6.54 Å². The van der Waals surface area contributed by atoms with Gasteiger partial charge in [-0.15, -0.1) is 13.2 Å². The third-order valence-electron chi connectivity index (χ3n) is 4.50. The van der Waals surface area contributed by atoms with Gasteiger partial charge in [0.1, 0.15) is 17.7 Å². The molecule has 4 rings (SSSR count). The SMILES string of the molecule is O=CCc1cccc(Cn2nc(-c3nc(-c4ccc(OC(F)(F)F)cc4)no3)ccc2=O)c1. The van der Waals surface area contributed by atoms with Crippen LogP contribution in [0, 0.1) is 0 Å². The molecule has 0 aliphatic carbocycles. The van der Waals surface area contributed by atoms with E-state index in [1.807, 2.05) is 18.2 Å². The number of rotatable bonds is 7. The normalized spacial score (nSPS) is 11.4. The van der Waals surface area contributed by atoms with Crippen molar-refractivity contribution in [3.05, 3.63) is 82.1 Å². The van der Waals surface area contributed by atoms with Crippen molar-refractivity contribution in [2.75, 3.05) is 0 Å². The number of benzene rings is 2. The molecule has 0 radical (unpaired) electrons. The molecule has 0 spiro atoms. The van der Waals surface area contributed by atoms with Gasteiger partial charge in [-0.2, -0.15) is 10.1 Å². The van der Waals surface area contributed by atoms with Crippen LogP contribution in [0.2, 0.25) is 0 Å². The zero-order valence-corrected chi connectivity index (χ0v) is 16.8. The molecule has 0 atom stereocenters. The van der Waals surface area contributed by atoms with Crippen molar-refractivity contribution in [2.24, 2.45) is 0 Å². The van der Waals surface area contributed by atoms with Gasteiger partial charge in [-0.3, -0.25) is 4.79 Å². The Morgan fingerprint density at radius 3 is 2.52 bits per heavy atom. The molecule has 0 N–H and O–H groups in total. The third-order valence-corrected chi connectivity index (χ3v) is 4.50. The first-order valence-corrected chi connectivity index (χ1v) is 9.60. The molecule has 2 aromatic carbocycles. The number of carbonyl (C=O) groups excluding carboxylic acids is 1. The molecule has 33 heavy (non-hydrogen) atoms. The van der Waals surface area contributed by atoms with E-state index < -0.39 is 6.36 Å². The molecular formula is C22H15F3N4O4. The molecule has 0 unspecified atom stereocenters. The van der Waals surface area contributed by atoms with Crippen LogP contribution in [0.4, 0.5) is 13.2 Å². The summed E-state index contributed by atoms with van der Waals surface area (Å²) in [4.78, 5) is 27.2. The Labute approximate surface area is 184 Å². The zero-order valence-electron chi connectivity index (χ0n) is 16.8. The van der Waals surface area contributed by atoms with Crippen LogP contribution in [0.15, 0.2) is 70.0 Å². The van der Waals surface area contributed by atoms with Crippen LogP contribution in [0.3, 0.4) is 0 Å². The lowest BCUT2D eigenvalue weighted by Crippen LogP contribution is -2.22. The molecule has 168 valence electrons. The van der Waals surface area contributed by atoms with E-state index in [1.54, 1.807) is 6.07 Å². The first-order chi connectivity index (χ1) is 15.8. The van der Waals surface area contributed by atoms with Crippen molar-refractivity contribution in [3.8, 4) is 28.7 Å². The van der Waals surface area contributed by atoms with Crippen LogP contribution in [0.1, 0.15) is 11.1 Å². The highest BCUT2D eigenvalue weighted by atomic mass is 19.4. The first-order valence-electron chi connectivity index (χ1n) is 9.60. The summed E-state index contributed by atoms with van der Waals surface area (Å²) in [6.45, 7) is 0.168. The number of carbonyl (C=O) groups is 1. The molecule has 0 amide bonds. The Kier molecular flexibility index (Phi) is 6.03. The maximum absolute atomic E-state index is 12.3. The molecule has 8 nitrogen and oxygen atoms in total. The largest absolute Gasteiger partial charge is 0.573 e. The Bertz CT molecular complexity index is 1330. The Hall–Kier alpha value is -4.28. The lowest BCUT2D eigenvalue weighted by Gasteiger charge is -2.08. The summed E-state index contributed by atoms with van der Waals surface area (Å²) >= 11 is 0. The monoisotopic (exact) mass is 456 g/mol. The predicted octanol–water partition coefficient (Wildman–Crippen LogP) is 3.65. The van der Waals surface area contributed by atoms with Crippen LogP contribution in [0.25, 0.3) is 23.0 Å². The van der Waals surface area contributed by atoms with Gasteiger partial charge < -0.3 is 14.1 Å². The van der Waals surface area contributed by atoms with Crippen molar-refractivity contribution < 1.29 is 27.2 Å². The molecule has 0 bridgehead atoms. The molecule has 0 aliphatic heterocycles. The van der Waals surface area contributed by atoms with Gasteiger partial charge in [0.2, 0.25) is 5.82 Å². The van der Waals surface area contributed by atoms with Gasteiger partial charge in [0.15, 0.2) is 0 Å². The van der Waals surface area contributed by atoms with Gasteiger partial charge in [-0.05, 0) is 41.5 Å². The van der Waals surface area contributed by atoms with Gasteiger partial charge in [-0.25, -0.2) is 4.68 Å². The van der Waals surface area contributed by atoms with Gasteiger partial charge in [0, 0.05) is 18.1 Å². The lowest BCUT2D eigenvalue weighted by molar-refractivity contribution is -0.274. The predicted molar refractivity (Wildman–Crippen MR) is 109 cm³/mol. The highest BCUT2D eigenvalue weighted by Crippen LogP contribution is 2.26. The van der Waals surface area contributed by atoms with E-state index >= 15 is 0 Å². The fourth-order valence-electron chi connectivity index (χ4n) is 3.05. The molecule has 0 fully saturated rings. The first kappa shape index (κ1) is 21.9. The van der Waals surface area contributed by atoms with Crippen LogP contribution in [-0.4, -0.2) is 32.6 Å². The Balaban J connectivity index is 1.55. The van der Waals surface area contributed by atoms with E-state index in [9.17, 15) is 22.8 Å². The molecule has 4 aromatic rings. The van der Waals surface area contributed by atoms with Gasteiger partial charge in [-0.1, -0.05) is 29.4 Å². The summed E-state index contributed by atoms with van der Waals surface area (Å²) in [6, 6.07) is 15.0. The zero-order chi connectivity index (χ0) is 23.4. The van der Waals surface area contributed by atoms with E-state index in [0.717, 1.165) is 29.5 Å². The summed E-state index contributed by atoms with van der Waals surface area (Å²) < 4.78 is 47.2. The minimum atomic E-state index is -4.79. The molecule has 11 heteroatoms. The Morgan fingerprint density at radius 2 is 1.79 bits per heavy atom. The highest BCUT2D eigenvalue weighted by Gasteiger charge is 2.31. The average Bonchev–Trinajstić information content (AvgIpc) is 3.26. The number of hydrogen-bond acceptors (Lipinski definition) is 7. The number of aromatic nitrogens is 4. The summed E-state index contributed by atoms with van der Waals surface area (Å²) in [6.07, 6.45) is -3.72. The lowest BCUT2D eigenvalue weighted by atomic mass is 10.1. The second-order valence-electron chi connectivity index (χ2n) is 6.90. The quantitative estimate of drug-likeness (QED) is 0.392. The third kappa shape index (κ3) is 5.50.